The summed E-state index contributed by atoms with van der Waals surface area (Å²) in [7, 11) is 0. The van der Waals surface area contributed by atoms with Gasteiger partial charge in [0.05, 0.1) is 0 Å². The second-order valence-electron chi connectivity index (χ2n) is 3.52. The zero-order chi connectivity index (χ0) is 11.3. The van der Waals surface area contributed by atoms with Gasteiger partial charge in [0.15, 0.2) is 0 Å². The molecule has 0 N–H and O–H groups in total. The maximum Gasteiger partial charge on any atom is 0.0423 e. The van der Waals surface area contributed by atoms with Gasteiger partial charge >= 0.3 is 0 Å². The highest BCUT2D eigenvalue weighted by molar-refractivity contribution is 6.34. The summed E-state index contributed by atoms with van der Waals surface area (Å²) in [4.78, 5) is 0. The standard InChI is InChI=1S/C13H14Cl2/c1-3-4-5-6-10(2)11-7-12(14)9-13(15)8-11/h7-10H,3,6H2,1-2H3. The van der Waals surface area contributed by atoms with Gasteiger partial charge in [-0.1, -0.05) is 37.0 Å². The van der Waals surface area contributed by atoms with Gasteiger partial charge in [0, 0.05) is 22.9 Å². The van der Waals surface area contributed by atoms with Crippen LogP contribution in [0.3, 0.4) is 0 Å². The molecule has 0 radical (unpaired) electrons. The van der Waals surface area contributed by atoms with E-state index in [0.29, 0.717) is 16.0 Å². The fraction of sp³-hybridized carbons (Fsp3) is 0.385. The molecule has 0 amide bonds. The molecule has 1 unspecified atom stereocenters. The van der Waals surface area contributed by atoms with E-state index in [9.17, 15) is 0 Å². The van der Waals surface area contributed by atoms with E-state index >= 15 is 0 Å². The van der Waals surface area contributed by atoms with Crippen molar-refractivity contribution in [2.75, 3.05) is 0 Å². The average Bonchev–Trinajstić information content (AvgIpc) is 2.16. The van der Waals surface area contributed by atoms with E-state index in [2.05, 4.69) is 18.8 Å². The maximum atomic E-state index is 5.94. The molecule has 1 rings (SSSR count). The van der Waals surface area contributed by atoms with E-state index in [1.807, 2.05) is 19.1 Å². The average molecular weight is 241 g/mol. The summed E-state index contributed by atoms with van der Waals surface area (Å²) in [6.45, 7) is 4.18. The lowest BCUT2D eigenvalue weighted by Crippen LogP contribution is -1.92. The molecular weight excluding hydrogens is 227 g/mol. The van der Waals surface area contributed by atoms with Crippen LogP contribution in [0.2, 0.25) is 10.0 Å². The van der Waals surface area contributed by atoms with Gasteiger partial charge in [0.1, 0.15) is 0 Å². The maximum absolute atomic E-state index is 5.94. The Balaban J connectivity index is 2.77. The highest BCUT2D eigenvalue weighted by atomic mass is 35.5. The van der Waals surface area contributed by atoms with Crippen LogP contribution in [-0.4, -0.2) is 0 Å². The fourth-order valence-electron chi connectivity index (χ4n) is 1.33. The lowest BCUT2D eigenvalue weighted by molar-refractivity contribution is 0.795. The number of hydrogen-bond donors (Lipinski definition) is 0. The molecule has 0 aliphatic rings. The summed E-state index contributed by atoms with van der Waals surface area (Å²) >= 11 is 11.9. The third kappa shape index (κ3) is 4.16. The first-order valence-corrected chi connectivity index (χ1v) is 5.80. The molecule has 0 aliphatic heterocycles. The minimum atomic E-state index is 0.375. The zero-order valence-corrected chi connectivity index (χ0v) is 10.5. The molecule has 0 bridgehead atoms. The molecule has 1 aromatic rings. The summed E-state index contributed by atoms with van der Waals surface area (Å²) in [6, 6.07) is 5.65. The Bertz CT molecular complexity index is 365. The molecule has 0 aliphatic carbocycles. The predicted octanol–water partition coefficient (Wildman–Crippen LogP) is 4.90. The van der Waals surface area contributed by atoms with Gasteiger partial charge in [-0.05, 0) is 29.7 Å². The Morgan fingerprint density at radius 1 is 1.13 bits per heavy atom. The van der Waals surface area contributed by atoms with Gasteiger partial charge in [0.25, 0.3) is 0 Å². The molecule has 0 aromatic heterocycles. The highest BCUT2D eigenvalue weighted by Gasteiger charge is 2.05. The Labute approximate surface area is 102 Å². The molecule has 15 heavy (non-hydrogen) atoms. The smallest absolute Gasteiger partial charge is 0.0423 e. The molecule has 0 heterocycles. The van der Waals surface area contributed by atoms with E-state index in [-0.39, 0.29) is 0 Å². The first kappa shape index (κ1) is 12.4. The molecule has 0 nitrogen and oxygen atoms in total. The Kier molecular flexibility index (Phi) is 5.02. The number of halogens is 2. The van der Waals surface area contributed by atoms with Crippen molar-refractivity contribution >= 4 is 23.2 Å². The molecule has 0 saturated carbocycles. The number of benzene rings is 1. The van der Waals surface area contributed by atoms with Crippen LogP contribution in [0.4, 0.5) is 0 Å². The third-order valence-electron chi connectivity index (χ3n) is 2.16. The number of rotatable bonds is 2. The molecule has 1 atom stereocenters. The van der Waals surface area contributed by atoms with Crippen LogP contribution in [-0.2, 0) is 0 Å². The molecule has 2 heteroatoms. The zero-order valence-electron chi connectivity index (χ0n) is 8.98. The van der Waals surface area contributed by atoms with Crippen LogP contribution < -0.4 is 0 Å². The van der Waals surface area contributed by atoms with Crippen molar-refractivity contribution in [3.05, 3.63) is 33.8 Å². The van der Waals surface area contributed by atoms with E-state index < -0.39 is 0 Å². The van der Waals surface area contributed by atoms with Crippen LogP contribution in [0.15, 0.2) is 18.2 Å². The minimum Gasteiger partial charge on any atom is -0.104 e. The van der Waals surface area contributed by atoms with Crippen molar-refractivity contribution in [1.82, 2.24) is 0 Å². The summed E-state index contributed by atoms with van der Waals surface area (Å²) in [5, 5.41) is 1.38. The normalized spacial score (nSPS) is 11.7. The van der Waals surface area contributed by atoms with Crippen molar-refractivity contribution < 1.29 is 0 Å². The van der Waals surface area contributed by atoms with E-state index in [1.165, 1.54) is 0 Å². The van der Waals surface area contributed by atoms with Crippen molar-refractivity contribution in [1.29, 1.82) is 0 Å². The van der Waals surface area contributed by atoms with Gasteiger partial charge in [0.2, 0.25) is 0 Å². The van der Waals surface area contributed by atoms with Gasteiger partial charge in [-0.2, -0.15) is 0 Å². The predicted molar refractivity (Wildman–Crippen MR) is 67.6 cm³/mol. The van der Waals surface area contributed by atoms with Gasteiger partial charge in [-0.3, -0.25) is 0 Å². The summed E-state index contributed by atoms with van der Waals surface area (Å²) < 4.78 is 0. The van der Waals surface area contributed by atoms with Crippen molar-refractivity contribution in [3.8, 4) is 11.8 Å². The summed E-state index contributed by atoms with van der Waals surface area (Å²) in [5.41, 5.74) is 1.15. The second kappa shape index (κ2) is 6.05. The van der Waals surface area contributed by atoms with E-state index in [1.54, 1.807) is 6.07 Å². The largest absolute Gasteiger partial charge is 0.104 e. The summed E-state index contributed by atoms with van der Waals surface area (Å²) in [6.07, 6.45) is 1.76. The SMILES string of the molecule is CCC#CCC(C)c1cc(Cl)cc(Cl)c1. The van der Waals surface area contributed by atoms with E-state index in [4.69, 9.17) is 23.2 Å². The minimum absolute atomic E-state index is 0.375. The Morgan fingerprint density at radius 2 is 1.73 bits per heavy atom. The van der Waals surface area contributed by atoms with Crippen LogP contribution >= 0.6 is 23.2 Å². The molecule has 0 fully saturated rings. The monoisotopic (exact) mass is 240 g/mol. The quantitative estimate of drug-likeness (QED) is 0.646. The van der Waals surface area contributed by atoms with E-state index in [0.717, 1.165) is 18.4 Å². The Morgan fingerprint density at radius 3 is 2.27 bits per heavy atom. The highest BCUT2D eigenvalue weighted by Crippen LogP contribution is 2.26. The molecule has 0 spiro atoms. The number of hydrogen-bond acceptors (Lipinski definition) is 0. The Hall–Kier alpha value is -0.640. The van der Waals surface area contributed by atoms with Crippen molar-refractivity contribution in [2.45, 2.75) is 32.6 Å². The molecule has 1 aromatic carbocycles. The lowest BCUT2D eigenvalue weighted by atomic mass is 9.98. The molecule has 0 saturated heterocycles. The van der Waals surface area contributed by atoms with Crippen LogP contribution in [0.5, 0.6) is 0 Å². The third-order valence-corrected chi connectivity index (χ3v) is 2.60. The topological polar surface area (TPSA) is 0 Å². The molecule has 80 valence electrons. The fourth-order valence-corrected chi connectivity index (χ4v) is 1.87. The second-order valence-corrected chi connectivity index (χ2v) is 4.39. The first-order chi connectivity index (χ1) is 7.13. The van der Waals surface area contributed by atoms with Crippen LogP contribution in [0.25, 0.3) is 0 Å². The van der Waals surface area contributed by atoms with Gasteiger partial charge < -0.3 is 0 Å². The first-order valence-electron chi connectivity index (χ1n) is 5.05. The lowest BCUT2D eigenvalue weighted by Gasteiger charge is -2.09. The molecular formula is C13H14Cl2. The van der Waals surface area contributed by atoms with Gasteiger partial charge in [-0.15, -0.1) is 11.8 Å². The van der Waals surface area contributed by atoms with Gasteiger partial charge in [-0.25, -0.2) is 0 Å². The van der Waals surface area contributed by atoms with Crippen molar-refractivity contribution in [3.63, 3.8) is 0 Å². The van der Waals surface area contributed by atoms with Crippen molar-refractivity contribution in [2.24, 2.45) is 0 Å². The summed E-state index contributed by atoms with van der Waals surface area (Å²) in [5.74, 6) is 6.57. The van der Waals surface area contributed by atoms with Crippen LogP contribution in [0.1, 0.15) is 38.2 Å². The van der Waals surface area contributed by atoms with Crippen LogP contribution in [0, 0.1) is 11.8 Å².